The van der Waals surface area contributed by atoms with E-state index in [9.17, 15) is 20.1 Å². The van der Waals surface area contributed by atoms with Crippen molar-refractivity contribution in [3.8, 4) is 11.4 Å². The van der Waals surface area contributed by atoms with Gasteiger partial charge in [0, 0.05) is 31.4 Å². The first-order valence-electron chi connectivity index (χ1n) is 8.99. The Balaban J connectivity index is 2.12. The van der Waals surface area contributed by atoms with Crippen LogP contribution in [0.3, 0.4) is 0 Å². The molecule has 0 unspecified atom stereocenters. The number of nitrogens with zero attached hydrogens (tertiary/aromatic N) is 4. The number of nitrogens with one attached hydrogen (secondary N) is 1. The Kier molecular flexibility index (Phi) is 6.55. The molecule has 1 aliphatic rings. The van der Waals surface area contributed by atoms with Crippen molar-refractivity contribution in [2.45, 2.75) is 44.1 Å². The number of carbonyl (C=O) groups excluding carboxylic acids is 1. The van der Waals surface area contributed by atoms with Crippen molar-refractivity contribution in [1.82, 2.24) is 24.6 Å². The normalized spacial score (nSPS) is 26.8. The molecule has 4 N–H and O–H groups in total. The molecule has 2 aromatic heterocycles. The van der Waals surface area contributed by atoms with E-state index in [1.54, 1.807) is 35.2 Å². The molecule has 0 aromatic carbocycles. The average Bonchev–Trinajstić information content (AvgIpc) is 3.03. The Morgan fingerprint density at radius 3 is 2.66 bits per heavy atom. The van der Waals surface area contributed by atoms with E-state index in [1.165, 1.54) is 11.6 Å². The van der Waals surface area contributed by atoms with Crippen LogP contribution in [0.2, 0.25) is 0 Å². The largest absolute Gasteiger partial charge is 0.394 e. The van der Waals surface area contributed by atoms with E-state index in [1.807, 2.05) is 0 Å². The highest BCUT2D eigenvalue weighted by Gasteiger charge is 2.46. The van der Waals surface area contributed by atoms with Crippen molar-refractivity contribution in [2.24, 2.45) is 0 Å². The predicted octanol–water partition coefficient (Wildman–Crippen LogP) is -0.222. The SMILES string of the molecule is C=CCn1c(-c2ccncc2)nn([C@H]2O[C@H](CO)[C@@H](O)[C@H](O)[C@H]2NC(C)=O)c1=S. The Hall–Kier alpha value is -2.44. The Labute approximate surface area is 172 Å². The van der Waals surface area contributed by atoms with Crippen molar-refractivity contribution in [1.29, 1.82) is 0 Å². The Morgan fingerprint density at radius 2 is 2.07 bits per heavy atom. The summed E-state index contributed by atoms with van der Waals surface area (Å²) in [6.45, 7) is 4.86. The third-order valence-electron chi connectivity index (χ3n) is 4.65. The number of aromatic nitrogens is 4. The number of aliphatic hydroxyl groups is 3. The molecule has 0 radical (unpaired) electrons. The van der Waals surface area contributed by atoms with Crippen LogP contribution in [0.25, 0.3) is 11.4 Å². The summed E-state index contributed by atoms with van der Waals surface area (Å²) in [5.41, 5.74) is 0.748. The van der Waals surface area contributed by atoms with Crippen molar-refractivity contribution in [3.05, 3.63) is 42.0 Å². The zero-order valence-corrected chi connectivity index (χ0v) is 16.6. The van der Waals surface area contributed by atoms with Gasteiger partial charge >= 0.3 is 0 Å². The minimum Gasteiger partial charge on any atom is -0.394 e. The highest BCUT2D eigenvalue weighted by Crippen LogP contribution is 2.30. The number of rotatable bonds is 6. The first-order chi connectivity index (χ1) is 13.9. The van der Waals surface area contributed by atoms with Crippen molar-refractivity contribution in [3.63, 3.8) is 0 Å². The predicted molar refractivity (Wildman–Crippen MR) is 105 cm³/mol. The molecular weight excluding hydrogens is 398 g/mol. The van der Waals surface area contributed by atoms with E-state index < -0.39 is 43.1 Å². The van der Waals surface area contributed by atoms with Gasteiger partial charge in [0.2, 0.25) is 10.7 Å². The first-order valence-corrected chi connectivity index (χ1v) is 9.40. The molecule has 2 aromatic rings. The lowest BCUT2D eigenvalue weighted by Crippen LogP contribution is -2.62. The second-order valence-corrected chi connectivity index (χ2v) is 7.01. The summed E-state index contributed by atoms with van der Waals surface area (Å²) in [6, 6.07) is 2.50. The molecule has 156 valence electrons. The van der Waals surface area contributed by atoms with Crippen LogP contribution in [0.1, 0.15) is 13.2 Å². The summed E-state index contributed by atoms with van der Waals surface area (Å²) >= 11 is 5.57. The molecule has 1 saturated heterocycles. The van der Waals surface area contributed by atoms with E-state index in [-0.39, 0.29) is 4.77 Å². The molecular formula is C18H23N5O5S. The van der Waals surface area contributed by atoms with Crippen molar-refractivity contribution < 1.29 is 24.9 Å². The minimum absolute atomic E-state index is 0.261. The molecule has 29 heavy (non-hydrogen) atoms. The summed E-state index contributed by atoms with van der Waals surface area (Å²) in [5, 5.41) is 37.4. The fourth-order valence-electron chi connectivity index (χ4n) is 3.28. The number of pyridine rings is 1. The molecule has 0 saturated carbocycles. The van der Waals surface area contributed by atoms with Crippen LogP contribution >= 0.6 is 12.2 Å². The Bertz CT molecular complexity index is 930. The molecule has 10 nitrogen and oxygen atoms in total. The van der Waals surface area contributed by atoms with Gasteiger partial charge in [0.15, 0.2) is 12.1 Å². The van der Waals surface area contributed by atoms with Crippen LogP contribution in [0.5, 0.6) is 0 Å². The molecule has 3 heterocycles. The number of hydrogen-bond donors (Lipinski definition) is 4. The zero-order chi connectivity index (χ0) is 21.1. The van der Waals surface area contributed by atoms with Gasteiger partial charge in [0.1, 0.15) is 24.4 Å². The van der Waals surface area contributed by atoms with Crippen LogP contribution in [0.15, 0.2) is 37.2 Å². The van der Waals surface area contributed by atoms with Gasteiger partial charge in [-0.05, 0) is 24.4 Å². The van der Waals surface area contributed by atoms with Gasteiger partial charge in [0.25, 0.3) is 0 Å². The molecule has 5 atom stereocenters. The van der Waals surface area contributed by atoms with Gasteiger partial charge < -0.3 is 25.4 Å². The van der Waals surface area contributed by atoms with Crippen LogP contribution in [-0.2, 0) is 16.1 Å². The topological polar surface area (TPSA) is 135 Å². The molecule has 1 fully saturated rings. The number of hydrogen-bond acceptors (Lipinski definition) is 8. The first kappa shape index (κ1) is 21.3. The monoisotopic (exact) mass is 421 g/mol. The van der Waals surface area contributed by atoms with E-state index in [4.69, 9.17) is 17.0 Å². The lowest BCUT2D eigenvalue weighted by Gasteiger charge is -2.42. The van der Waals surface area contributed by atoms with Gasteiger partial charge in [-0.1, -0.05) is 6.08 Å². The maximum absolute atomic E-state index is 11.7. The minimum atomic E-state index is -1.40. The molecule has 0 spiro atoms. The summed E-state index contributed by atoms with van der Waals surface area (Å²) in [4.78, 5) is 15.7. The standard InChI is InChI=1S/C18H23N5O5S/c1-3-8-22-16(11-4-6-19-7-5-11)21-23(18(22)29)17-13(20-10(2)25)15(27)14(26)12(9-24)28-17/h3-7,12-15,17,24,26-27H,1,8-9H2,2H3,(H,20,25)/t12-,13-,14-,15-,17+/m1/s1. The molecule has 0 bridgehead atoms. The smallest absolute Gasteiger partial charge is 0.217 e. The second-order valence-electron chi connectivity index (χ2n) is 6.64. The second kappa shape index (κ2) is 8.93. The molecule has 3 rings (SSSR count). The summed E-state index contributed by atoms with van der Waals surface area (Å²) in [6.07, 6.45) is -0.00893. The summed E-state index contributed by atoms with van der Waals surface area (Å²) in [5.74, 6) is 0.0901. The fraction of sp³-hybridized carbons (Fsp3) is 0.444. The van der Waals surface area contributed by atoms with Crippen LogP contribution in [-0.4, -0.2) is 71.5 Å². The zero-order valence-electron chi connectivity index (χ0n) is 15.8. The lowest BCUT2D eigenvalue weighted by molar-refractivity contribution is -0.219. The molecule has 1 aliphatic heterocycles. The fourth-order valence-corrected chi connectivity index (χ4v) is 3.59. The average molecular weight is 421 g/mol. The third-order valence-corrected chi connectivity index (χ3v) is 5.05. The molecule has 11 heteroatoms. The van der Waals surface area contributed by atoms with E-state index in [0.717, 1.165) is 5.56 Å². The number of aliphatic hydroxyl groups excluding tert-OH is 3. The summed E-state index contributed by atoms with van der Waals surface area (Å²) < 4.78 is 9.12. The maximum Gasteiger partial charge on any atom is 0.217 e. The molecule has 1 amide bonds. The van der Waals surface area contributed by atoms with Crippen LogP contribution in [0, 0.1) is 4.77 Å². The van der Waals surface area contributed by atoms with Crippen LogP contribution in [0.4, 0.5) is 0 Å². The van der Waals surface area contributed by atoms with Gasteiger partial charge in [-0.15, -0.1) is 11.7 Å². The highest BCUT2D eigenvalue weighted by molar-refractivity contribution is 7.71. The van der Waals surface area contributed by atoms with E-state index in [0.29, 0.717) is 12.4 Å². The maximum atomic E-state index is 11.7. The van der Waals surface area contributed by atoms with Crippen molar-refractivity contribution >= 4 is 18.1 Å². The number of amides is 1. The number of carbonyl (C=O) groups is 1. The van der Waals surface area contributed by atoms with E-state index in [2.05, 4.69) is 22.0 Å². The van der Waals surface area contributed by atoms with E-state index >= 15 is 0 Å². The lowest BCUT2D eigenvalue weighted by atomic mass is 9.96. The number of ether oxygens (including phenoxy) is 1. The Morgan fingerprint density at radius 1 is 1.38 bits per heavy atom. The van der Waals surface area contributed by atoms with Gasteiger partial charge in [-0.25, -0.2) is 4.68 Å². The van der Waals surface area contributed by atoms with Gasteiger partial charge in [0.05, 0.1) is 6.61 Å². The van der Waals surface area contributed by atoms with Gasteiger partial charge in [-0.3, -0.25) is 14.3 Å². The van der Waals surface area contributed by atoms with Crippen LogP contribution < -0.4 is 5.32 Å². The van der Waals surface area contributed by atoms with Crippen molar-refractivity contribution in [2.75, 3.05) is 6.61 Å². The number of allylic oxidation sites excluding steroid dienone is 1. The third kappa shape index (κ3) is 4.14. The molecule has 0 aliphatic carbocycles. The quantitative estimate of drug-likeness (QED) is 0.371. The highest BCUT2D eigenvalue weighted by atomic mass is 32.1. The van der Waals surface area contributed by atoms with Gasteiger partial charge in [-0.2, -0.15) is 0 Å². The summed E-state index contributed by atoms with van der Waals surface area (Å²) in [7, 11) is 0.